The van der Waals surface area contributed by atoms with Crippen LogP contribution in [0.3, 0.4) is 0 Å². The Kier molecular flexibility index (Phi) is 8.13. The van der Waals surface area contributed by atoms with Crippen LogP contribution in [0.4, 0.5) is 11.4 Å². The fourth-order valence-corrected chi connectivity index (χ4v) is 5.12. The molecule has 0 unspecified atom stereocenters. The third kappa shape index (κ3) is 5.87. The van der Waals surface area contributed by atoms with Gasteiger partial charge in [-0.1, -0.05) is 43.3 Å². The number of likely N-dealkylation sites (N-methyl/N-ethyl adjacent to an activating group) is 1. The highest BCUT2D eigenvalue weighted by molar-refractivity contribution is 7.92. The lowest BCUT2D eigenvalue weighted by Gasteiger charge is -2.22. The maximum atomic E-state index is 12.4. The fraction of sp³-hybridized carbons (Fsp3) is 0.214. The number of carbonyl (C=O) groups excluding carboxylic acids is 1. The van der Waals surface area contributed by atoms with E-state index in [1.165, 1.54) is 17.7 Å². The number of sulfonamides is 1. The number of aromatic amines is 1. The lowest BCUT2D eigenvalue weighted by Crippen LogP contribution is -2.36. The lowest BCUT2D eigenvalue weighted by molar-refractivity contribution is 0.0601. The van der Waals surface area contributed by atoms with Gasteiger partial charge >= 0.3 is 5.97 Å². The van der Waals surface area contributed by atoms with E-state index >= 15 is 0 Å². The molecular weight excluding hydrogens is 504 g/mol. The molecule has 0 saturated heterocycles. The molecule has 10 heteroatoms. The van der Waals surface area contributed by atoms with Gasteiger partial charge in [0.05, 0.1) is 41.6 Å². The van der Waals surface area contributed by atoms with Gasteiger partial charge in [0.15, 0.2) is 5.88 Å². The SMILES string of the molecule is CCNCCN(c1ccc(N=C(c2ccccc2)c2c(O)[nH]c3cc(C(=O)OC)ccc23)cc1)S(C)(=O)=O. The van der Waals surface area contributed by atoms with Crippen molar-refractivity contribution in [2.75, 3.05) is 37.3 Å². The molecule has 0 bridgehead atoms. The molecule has 1 heterocycles. The molecular formula is C28H30N4O5S. The topological polar surface area (TPSA) is 124 Å². The zero-order valence-corrected chi connectivity index (χ0v) is 22.2. The Labute approximate surface area is 221 Å². The summed E-state index contributed by atoms with van der Waals surface area (Å²) >= 11 is 0. The third-order valence-electron chi connectivity index (χ3n) is 6.00. The summed E-state index contributed by atoms with van der Waals surface area (Å²) in [5.41, 5.74) is 3.79. The smallest absolute Gasteiger partial charge is 0.337 e. The monoisotopic (exact) mass is 534 g/mol. The highest BCUT2D eigenvalue weighted by atomic mass is 32.2. The van der Waals surface area contributed by atoms with E-state index in [1.807, 2.05) is 37.3 Å². The summed E-state index contributed by atoms with van der Waals surface area (Å²) in [5.74, 6) is -0.568. The van der Waals surface area contributed by atoms with Crippen LogP contribution in [0.5, 0.6) is 5.88 Å². The van der Waals surface area contributed by atoms with Gasteiger partial charge in [-0.25, -0.2) is 18.2 Å². The highest BCUT2D eigenvalue weighted by Gasteiger charge is 2.21. The van der Waals surface area contributed by atoms with Gasteiger partial charge in [-0.2, -0.15) is 0 Å². The first-order chi connectivity index (χ1) is 18.2. The minimum absolute atomic E-state index is 0.0899. The number of aromatic hydroxyl groups is 1. The summed E-state index contributed by atoms with van der Waals surface area (Å²) in [6.07, 6.45) is 1.18. The predicted molar refractivity (Wildman–Crippen MR) is 150 cm³/mol. The Morgan fingerprint density at radius 1 is 1.05 bits per heavy atom. The first-order valence-corrected chi connectivity index (χ1v) is 13.9. The average Bonchev–Trinajstić information content (AvgIpc) is 3.24. The molecule has 198 valence electrons. The second-order valence-corrected chi connectivity index (χ2v) is 10.5. The number of anilines is 1. The summed E-state index contributed by atoms with van der Waals surface area (Å²) in [6, 6.07) is 21.3. The first kappa shape index (κ1) is 26.9. The standard InChI is InChI=1S/C28H30N4O5S/c1-4-29-16-17-32(38(3,35)36)22-13-11-21(12-14-22)30-26(19-8-6-5-7-9-19)25-23-15-10-20(28(34)37-2)18-24(23)31-27(25)33/h5-15,18,29,31,33H,4,16-17H2,1-3H3. The molecule has 9 nitrogen and oxygen atoms in total. The molecule has 0 amide bonds. The van der Waals surface area contributed by atoms with Crippen molar-refractivity contribution in [3.8, 4) is 5.88 Å². The molecule has 0 radical (unpaired) electrons. The number of benzene rings is 3. The summed E-state index contributed by atoms with van der Waals surface area (Å²) in [6.45, 7) is 3.55. The minimum Gasteiger partial charge on any atom is -0.494 e. The van der Waals surface area contributed by atoms with E-state index in [4.69, 9.17) is 9.73 Å². The van der Waals surface area contributed by atoms with Crippen LogP contribution in [0.2, 0.25) is 0 Å². The molecule has 0 atom stereocenters. The number of carbonyl (C=O) groups is 1. The van der Waals surface area contributed by atoms with Crippen molar-refractivity contribution >= 4 is 44.0 Å². The van der Waals surface area contributed by atoms with Gasteiger partial charge in [-0.05, 0) is 42.9 Å². The van der Waals surface area contributed by atoms with E-state index in [0.717, 1.165) is 12.1 Å². The second-order valence-electron chi connectivity index (χ2n) is 8.63. The van der Waals surface area contributed by atoms with E-state index in [9.17, 15) is 18.3 Å². The quantitative estimate of drug-likeness (QED) is 0.159. The Morgan fingerprint density at radius 3 is 2.39 bits per heavy atom. The van der Waals surface area contributed by atoms with E-state index in [-0.39, 0.29) is 5.88 Å². The molecule has 0 saturated carbocycles. The van der Waals surface area contributed by atoms with Crippen molar-refractivity contribution in [3.05, 3.63) is 89.5 Å². The number of hydrogen-bond donors (Lipinski definition) is 3. The molecule has 4 aromatic rings. The van der Waals surface area contributed by atoms with Crippen LogP contribution in [0, 0.1) is 0 Å². The van der Waals surface area contributed by atoms with Gasteiger partial charge in [0, 0.05) is 29.6 Å². The molecule has 3 aromatic carbocycles. The third-order valence-corrected chi connectivity index (χ3v) is 7.20. The van der Waals surface area contributed by atoms with Crippen molar-refractivity contribution in [2.45, 2.75) is 6.92 Å². The van der Waals surface area contributed by atoms with Crippen LogP contribution in [-0.2, 0) is 14.8 Å². The fourth-order valence-electron chi connectivity index (χ4n) is 4.19. The largest absolute Gasteiger partial charge is 0.494 e. The van der Waals surface area contributed by atoms with Gasteiger partial charge in [-0.15, -0.1) is 0 Å². The van der Waals surface area contributed by atoms with Crippen molar-refractivity contribution in [1.29, 1.82) is 0 Å². The Balaban J connectivity index is 1.78. The van der Waals surface area contributed by atoms with Gasteiger partial charge in [0.2, 0.25) is 10.0 Å². The van der Waals surface area contributed by atoms with Gasteiger partial charge in [0.1, 0.15) is 0 Å². The summed E-state index contributed by atoms with van der Waals surface area (Å²) < 4.78 is 30.9. The van der Waals surface area contributed by atoms with Crippen LogP contribution < -0.4 is 9.62 Å². The van der Waals surface area contributed by atoms with Crippen molar-refractivity contribution in [2.24, 2.45) is 4.99 Å². The number of aliphatic imine (C=N–C) groups is 1. The van der Waals surface area contributed by atoms with Crippen LogP contribution in [-0.4, -0.2) is 63.2 Å². The summed E-state index contributed by atoms with van der Waals surface area (Å²) in [7, 11) is -2.15. The molecule has 4 rings (SSSR count). The number of rotatable bonds is 10. The predicted octanol–water partition coefficient (Wildman–Crippen LogP) is 4.20. The zero-order valence-electron chi connectivity index (χ0n) is 21.4. The van der Waals surface area contributed by atoms with E-state index in [0.29, 0.717) is 52.2 Å². The number of hydrogen-bond acceptors (Lipinski definition) is 7. The molecule has 0 spiro atoms. The number of aromatic nitrogens is 1. The number of nitrogens with one attached hydrogen (secondary N) is 2. The van der Waals surface area contributed by atoms with Crippen molar-refractivity contribution in [1.82, 2.24) is 10.3 Å². The molecule has 0 aliphatic rings. The number of methoxy groups -OCH3 is 1. The molecule has 0 aliphatic carbocycles. The minimum atomic E-state index is -3.47. The Morgan fingerprint density at radius 2 is 1.76 bits per heavy atom. The highest BCUT2D eigenvalue weighted by Crippen LogP contribution is 2.32. The second kappa shape index (κ2) is 11.5. The van der Waals surface area contributed by atoms with Gasteiger partial charge in [-0.3, -0.25) is 4.31 Å². The Hall–Kier alpha value is -4.15. The lowest BCUT2D eigenvalue weighted by atomic mass is 10.00. The zero-order chi connectivity index (χ0) is 27.3. The summed E-state index contributed by atoms with van der Waals surface area (Å²) in [4.78, 5) is 19.8. The number of esters is 1. The molecule has 1 aromatic heterocycles. The normalized spacial score (nSPS) is 12.0. The van der Waals surface area contributed by atoms with E-state index < -0.39 is 16.0 Å². The van der Waals surface area contributed by atoms with Crippen LogP contribution >= 0.6 is 0 Å². The summed E-state index contributed by atoms with van der Waals surface area (Å²) in [5, 5.41) is 14.7. The Bertz CT molecular complexity index is 1560. The molecule has 0 aliphatic heterocycles. The van der Waals surface area contributed by atoms with E-state index in [2.05, 4.69) is 10.3 Å². The maximum absolute atomic E-state index is 12.4. The number of fused-ring (bicyclic) bond motifs is 1. The number of H-pyrrole nitrogens is 1. The average molecular weight is 535 g/mol. The van der Waals surface area contributed by atoms with Crippen molar-refractivity contribution in [3.63, 3.8) is 0 Å². The molecule has 3 N–H and O–H groups in total. The van der Waals surface area contributed by atoms with Gasteiger partial charge in [0.25, 0.3) is 0 Å². The van der Waals surface area contributed by atoms with Crippen LogP contribution in [0.15, 0.2) is 77.8 Å². The van der Waals surface area contributed by atoms with Crippen molar-refractivity contribution < 1.29 is 23.1 Å². The van der Waals surface area contributed by atoms with Gasteiger partial charge < -0.3 is 20.1 Å². The first-order valence-electron chi connectivity index (χ1n) is 12.1. The van der Waals surface area contributed by atoms with Crippen LogP contribution in [0.25, 0.3) is 10.9 Å². The number of nitrogens with zero attached hydrogens (tertiary/aromatic N) is 2. The molecule has 38 heavy (non-hydrogen) atoms. The van der Waals surface area contributed by atoms with E-state index in [1.54, 1.807) is 42.5 Å². The van der Waals surface area contributed by atoms with Crippen LogP contribution in [0.1, 0.15) is 28.4 Å². The number of ether oxygens (including phenoxy) is 1. The molecule has 0 fully saturated rings. The maximum Gasteiger partial charge on any atom is 0.337 e.